The molecular formula is C32H53N11O10S. The number of rotatable bonds is 29. The van der Waals surface area contributed by atoms with E-state index in [1.807, 2.05) is 7.05 Å². The molecule has 5 N–H and O–H groups in total. The van der Waals surface area contributed by atoms with Gasteiger partial charge in [0.1, 0.15) is 24.4 Å². The van der Waals surface area contributed by atoms with Crippen molar-refractivity contribution in [3.8, 4) is 5.75 Å². The number of azide groups is 1. The van der Waals surface area contributed by atoms with Gasteiger partial charge < -0.3 is 34.9 Å². The normalized spacial score (nSPS) is 12.6. The van der Waals surface area contributed by atoms with Crippen molar-refractivity contribution in [1.29, 1.82) is 0 Å². The van der Waals surface area contributed by atoms with Gasteiger partial charge in [-0.3, -0.25) is 19.6 Å². The third-order valence-electron chi connectivity index (χ3n) is 7.74. The number of sulfonamides is 1. The highest BCUT2D eigenvalue weighted by Gasteiger charge is 2.38. The first-order chi connectivity index (χ1) is 26.0. The molecule has 0 spiro atoms. The van der Waals surface area contributed by atoms with Crippen LogP contribution in [0.5, 0.6) is 5.75 Å². The number of carbonyl (C=O) groups is 3. The summed E-state index contributed by atoms with van der Waals surface area (Å²) in [5, 5.41) is 29.1. The number of nitrogens with zero attached hydrogens (tertiary/aromatic N) is 7. The average molecular weight is 784 g/mol. The zero-order chi connectivity index (χ0) is 39.8. The van der Waals surface area contributed by atoms with Crippen LogP contribution < -0.4 is 26.2 Å². The van der Waals surface area contributed by atoms with Crippen LogP contribution in [0.3, 0.4) is 0 Å². The Balaban J connectivity index is 1.73. The van der Waals surface area contributed by atoms with Gasteiger partial charge in [-0.15, -0.1) is 5.10 Å². The van der Waals surface area contributed by atoms with Crippen LogP contribution in [0.25, 0.3) is 10.4 Å². The smallest absolute Gasteiger partial charge is 0.262 e. The van der Waals surface area contributed by atoms with Crippen molar-refractivity contribution in [1.82, 2.24) is 40.7 Å². The number of nitrogens with one attached hydrogen (secondary N) is 4. The molecule has 0 saturated heterocycles. The molecule has 0 aliphatic heterocycles. The van der Waals surface area contributed by atoms with E-state index in [9.17, 15) is 28.0 Å². The molecule has 2 rings (SSSR count). The number of benzene rings is 1. The highest BCUT2D eigenvalue weighted by atomic mass is 32.2. The summed E-state index contributed by atoms with van der Waals surface area (Å²) in [4.78, 5) is 39.7. The van der Waals surface area contributed by atoms with E-state index in [1.165, 1.54) is 36.1 Å². The molecule has 2 aromatic rings. The van der Waals surface area contributed by atoms with E-state index in [0.29, 0.717) is 45.0 Å². The molecule has 0 radical (unpaired) electrons. The van der Waals surface area contributed by atoms with Crippen LogP contribution in [-0.2, 0) is 51.7 Å². The zero-order valence-electron chi connectivity index (χ0n) is 31.2. The highest BCUT2D eigenvalue weighted by molar-refractivity contribution is 7.89. The first kappa shape index (κ1) is 45.7. The molecule has 21 nitrogen and oxygen atoms in total. The number of unbranched alkanes of at least 4 members (excludes halogenated alkanes) is 1. The predicted octanol–water partition coefficient (Wildman–Crippen LogP) is 0.358. The van der Waals surface area contributed by atoms with E-state index in [-0.39, 0.29) is 56.0 Å². The summed E-state index contributed by atoms with van der Waals surface area (Å²) >= 11 is 0. The lowest BCUT2D eigenvalue weighted by molar-refractivity contribution is -0.134. The van der Waals surface area contributed by atoms with Crippen molar-refractivity contribution in [2.75, 3.05) is 73.4 Å². The highest BCUT2D eigenvalue weighted by Crippen LogP contribution is 2.26. The maximum Gasteiger partial charge on any atom is 0.262 e. The molecule has 0 aliphatic carbocycles. The van der Waals surface area contributed by atoms with E-state index in [1.54, 1.807) is 25.5 Å². The Bertz CT molecular complexity index is 1570. The van der Waals surface area contributed by atoms with Gasteiger partial charge in [0.15, 0.2) is 0 Å². The van der Waals surface area contributed by atoms with Gasteiger partial charge in [0.2, 0.25) is 21.8 Å². The summed E-state index contributed by atoms with van der Waals surface area (Å²) in [6, 6.07) is 3.74. The summed E-state index contributed by atoms with van der Waals surface area (Å²) in [5.74, 6) is -1.80. The first-order valence-electron chi connectivity index (χ1n) is 17.4. The molecule has 0 fully saturated rings. The fourth-order valence-corrected chi connectivity index (χ4v) is 6.74. The van der Waals surface area contributed by atoms with Crippen LogP contribution >= 0.6 is 0 Å². The van der Waals surface area contributed by atoms with Crippen LogP contribution in [0.15, 0.2) is 40.5 Å². The molecule has 0 unspecified atom stereocenters. The van der Waals surface area contributed by atoms with Crippen molar-refractivity contribution in [2.24, 2.45) is 11.0 Å². The Morgan fingerprint density at radius 3 is 2.28 bits per heavy atom. The second-order valence-corrected chi connectivity index (χ2v) is 14.0. The second-order valence-electron chi connectivity index (χ2n) is 12.1. The number of hydrogen-bond donors (Lipinski definition) is 5. The van der Waals surface area contributed by atoms with Gasteiger partial charge in [-0.25, -0.2) is 18.6 Å². The SMILES string of the molecule is CNCCCC[C@H](NC(=O)CN=[N+]=[N-])C(=O)NCCOCCOCCOCCn1cc(CN([C@@H](C(=O)NO)C(C)C)S(=O)(=O)c2ccc(OC)cc2)nn1. The van der Waals surface area contributed by atoms with Crippen LogP contribution in [0, 0.1) is 5.92 Å². The van der Waals surface area contributed by atoms with Crippen LogP contribution in [0.1, 0.15) is 38.8 Å². The fraction of sp³-hybridized carbons (Fsp3) is 0.656. The van der Waals surface area contributed by atoms with Crippen molar-refractivity contribution in [3.05, 3.63) is 46.6 Å². The summed E-state index contributed by atoms with van der Waals surface area (Å²) in [7, 11) is -0.939. The quantitative estimate of drug-likeness (QED) is 0.0186. The maximum absolute atomic E-state index is 13.7. The monoisotopic (exact) mass is 783 g/mol. The number of amides is 3. The molecular weight excluding hydrogens is 730 g/mol. The summed E-state index contributed by atoms with van der Waals surface area (Å²) in [6.45, 7) is 5.67. The Hall–Kier alpha value is -4.41. The summed E-state index contributed by atoms with van der Waals surface area (Å²) in [6.07, 6.45) is 3.54. The Kier molecular flexibility index (Phi) is 21.7. The van der Waals surface area contributed by atoms with Gasteiger partial charge in [0.25, 0.3) is 5.91 Å². The maximum atomic E-state index is 13.7. The molecule has 22 heteroatoms. The van der Waals surface area contributed by atoms with Crippen LogP contribution in [0.4, 0.5) is 0 Å². The Morgan fingerprint density at radius 1 is 1.00 bits per heavy atom. The Morgan fingerprint density at radius 2 is 1.67 bits per heavy atom. The van der Waals surface area contributed by atoms with Crippen LogP contribution in [-0.4, -0.2) is 136 Å². The standard InChI is InChI=1S/C32H53N11O10S/c1-24(2)30(32(46)39-47)43(54(48,49)27-10-8-26(50-4)9-11-27)23-25-22-42(41-38-25)14-16-52-18-20-53-19-17-51-15-13-35-31(45)28(7-5-6-12-34-3)37-29(44)21-36-40-33/h8-11,22,24,28,30,34,47H,5-7,12-21,23H2,1-4H3,(H,35,45)(H,37,44)(H,39,46)/t28-,30+/m0/s1. The lowest BCUT2D eigenvalue weighted by atomic mass is 10.0. The molecule has 0 aliphatic rings. The Labute approximate surface area is 315 Å². The van der Waals surface area contributed by atoms with Crippen molar-refractivity contribution < 1.29 is 47.0 Å². The molecule has 1 aromatic carbocycles. The predicted molar refractivity (Wildman–Crippen MR) is 193 cm³/mol. The minimum atomic E-state index is -4.23. The van der Waals surface area contributed by atoms with Gasteiger partial charge in [-0.05, 0) is 68.6 Å². The lowest BCUT2D eigenvalue weighted by Gasteiger charge is -2.31. The van der Waals surface area contributed by atoms with E-state index in [4.69, 9.17) is 24.5 Å². The molecule has 1 aromatic heterocycles. The largest absolute Gasteiger partial charge is 0.497 e. The number of hydroxylamine groups is 1. The van der Waals surface area contributed by atoms with E-state index in [0.717, 1.165) is 17.3 Å². The van der Waals surface area contributed by atoms with Gasteiger partial charge in [-0.2, -0.15) is 4.31 Å². The summed E-state index contributed by atoms with van der Waals surface area (Å²) in [5.41, 5.74) is 10.3. The average Bonchev–Trinajstić information content (AvgIpc) is 3.62. The molecule has 0 saturated carbocycles. The van der Waals surface area contributed by atoms with Crippen molar-refractivity contribution in [2.45, 2.75) is 63.2 Å². The minimum Gasteiger partial charge on any atom is -0.497 e. The molecule has 3 amide bonds. The molecule has 54 heavy (non-hydrogen) atoms. The minimum absolute atomic E-state index is 0.0667. The third-order valence-corrected chi connectivity index (χ3v) is 9.59. The number of hydrogen-bond acceptors (Lipinski definition) is 14. The molecule has 0 bridgehead atoms. The zero-order valence-corrected chi connectivity index (χ0v) is 32.0. The first-order valence-corrected chi connectivity index (χ1v) is 18.9. The number of methoxy groups -OCH3 is 1. The van der Waals surface area contributed by atoms with E-state index >= 15 is 0 Å². The number of aromatic nitrogens is 3. The van der Waals surface area contributed by atoms with Gasteiger partial charge >= 0.3 is 0 Å². The molecule has 302 valence electrons. The van der Waals surface area contributed by atoms with Gasteiger partial charge in [0, 0.05) is 17.7 Å². The van der Waals surface area contributed by atoms with Crippen molar-refractivity contribution >= 4 is 27.7 Å². The second kappa shape index (κ2) is 25.6. The van der Waals surface area contributed by atoms with Crippen molar-refractivity contribution in [3.63, 3.8) is 0 Å². The fourth-order valence-electron chi connectivity index (χ4n) is 5.05. The van der Waals surface area contributed by atoms with E-state index in [2.05, 4.69) is 36.3 Å². The molecule has 2 atom stereocenters. The third kappa shape index (κ3) is 16.3. The number of carbonyl (C=O) groups excluding carboxylic acids is 3. The lowest BCUT2D eigenvalue weighted by Crippen LogP contribution is -2.51. The summed E-state index contributed by atoms with van der Waals surface area (Å²) < 4.78 is 51.7. The number of ether oxygens (including phenoxy) is 4. The van der Waals surface area contributed by atoms with Gasteiger partial charge in [-0.1, -0.05) is 24.2 Å². The van der Waals surface area contributed by atoms with Gasteiger partial charge in [0.05, 0.1) is 70.4 Å². The van der Waals surface area contributed by atoms with E-state index < -0.39 is 39.8 Å². The topological polar surface area (TPSA) is 273 Å². The van der Waals surface area contributed by atoms with Crippen LogP contribution in [0.2, 0.25) is 0 Å². The molecule has 1 heterocycles.